The molecular formula is C16H18O2. The second kappa shape index (κ2) is 8.18. The van der Waals surface area contributed by atoms with Crippen LogP contribution >= 0.6 is 0 Å². The summed E-state index contributed by atoms with van der Waals surface area (Å²) < 4.78 is 0. The molecule has 0 saturated heterocycles. The first-order valence-corrected chi connectivity index (χ1v) is 6.13. The number of allylic oxidation sites excluding steroid dienone is 4. The number of ketones is 2. The average Bonchev–Trinajstić information content (AvgIpc) is 2.38. The molecule has 94 valence electrons. The molecule has 0 unspecified atom stereocenters. The summed E-state index contributed by atoms with van der Waals surface area (Å²) in [5.74, 6) is 0.111. The van der Waals surface area contributed by atoms with Crippen molar-refractivity contribution in [1.29, 1.82) is 0 Å². The van der Waals surface area contributed by atoms with Crippen LogP contribution in [0.15, 0.2) is 54.6 Å². The van der Waals surface area contributed by atoms with Crippen molar-refractivity contribution in [3.8, 4) is 0 Å². The summed E-state index contributed by atoms with van der Waals surface area (Å²) in [6.45, 7) is 1.54. The molecule has 0 heterocycles. The van der Waals surface area contributed by atoms with E-state index in [1.807, 2.05) is 42.5 Å². The van der Waals surface area contributed by atoms with Gasteiger partial charge in [-0.15, -0.1) is 0 Å². The second-order valence-corrected chi connectivity index (χ2v) is 4.08. The molecule has 0 amide bonds. The third kappa shape index (κ3) is 5.94. The van der Waals surface area contributed by atoms with Crippen LogP contribution in [0, 0.1) is 0 Å². The fraction of sp³-hybridized carbons (Fsp3) is 0.250. The molecule has 0 saturated carbocycles. The highest BCUT2D eigenvalue weighted by Crippen LogP contribution is 2.03. The number of benzene rings is 1. The molecule has 2 heteroatoms. The molecular weight excluding hydrogens is 224 g/mol. The third-order valence-electron chi connectivity index (χ3n) is 2.42. The van der Waals surface area contributed by atoms with Crippen molar-refractivity contribution in [2.75, 3.05) is 0 Å². The molecule has 0 radical (unpaired) electrons. The van der Waals surface area contributed by atoms with Gasteiger partial charge in [0.1, 0.15) is 0 Å². The molecule has 0 aliphatic carbocycles. The van der Waals surface area contributed by atoms with Crippen LogP contribution in [-0.4, -0.2) is 11.6 Å². The lowest BCUT2D eigenvalue weighted by Gasteiger charge is -1.94. The lowest BCUT2D eigenvalue weighted by molar-refractivity contribution is -0.112. The van der Waals surface area contributed by atoms with Crippen molar-refractivity contribution < 1.29 is 9.59 Å². The lowest BCUT2D eigenvalue weighted by Crippen LogP contribution is -1.92. The zero-order valence-corrected chi connectivity index (χ0v) is 10.6. The Hall–Kier alpha value is -1.96. The minimum atomic E-state index is 0.0369. The topological polar surface area (TPSA) is 34.1 Å². The fourth-order valence-electron chi connectivity index (χ4n) is 1.49. The second-order valence-electron chi connectivity index (χ2n) is 4.08. The van der Waals surface area contributed by atoms with Gasteiger partial charge in [-0.1, -0.05) is 42.5 Å². The summed E-state index contributed by atoms with van der Waals surface area (Å²) in [7, 11) is 0. The number of unbranched alkanes of at least 4 members (excludes halogenated alkanes) is 2. The van der Waals surface area contributed by atoms with E-state index < -0.39 is 0 Å². The minimum absolute atomic E-state index is 0.0369. The van der Waals surface area contributed by atoms with Crippen LogP contribution in [0.1, 0.15) is 36.5 Å². The van der Waals surface area contributed by atoms with Gasteiger partial charge < -0.3 is 0 Å². The van der Waals surface area contributed by atoms with Crippen LogP contribution < -0.4 is 0 Å². The molecule has 1 rings (SSSR count). The Morgan fingerprint density at radius 2 is 1.61 bits per heavy atom. The number of hydrogen-bond donors (Lipinski definition) is 0. The first-order valence-electron chi connectivity index (χ1n) is 6.13. The Morgan fingerprint density at radius 3 is 2.22 bits per heavy atom. The van der Waals surface area contributed by atoms with E-state index in [2.05, 4.69) is 0 Å². The molecule has 0 N–H and O–H groups in total. The largest absolute Gasteiger partial charge is 0.295 e. The summed E-state index contributed by atoms with van der Waals surface area (Å²) in [4.78, 5) is 22.3. The maximum atomic E-state index is 11.7. The SMILES string of the molecule is CC(=O)/C=C\CCC/C=C/C(=O)c1ccccc1. The van der Waals surface area contributed by atoms with E-state index in [-0.39, 0.29) is 11.6 Å². The highest BCUT2D eigenvalue weighted by molar-refractivity contribution is 6.04. The maximum Gasteiger partial charge on any atom is 0.185 e. The molecule has 1 aromatic carbocycles. The van der Waals surface area contributed by atoms with E-state index in [1.165, 1.54) is 6.92 Å². The minimum Gasteiger partial charge on any atom is -0.295 e. The maximum absolute atomic E-state index is 11.7. The Labute approximate surface area is 108 Å². The van der Waals surface area contributed by atoms with E-state index in [1.54, 1.807) is 12.2 Å². The molecule has 0 aliphatic rings. The number of carbonyl (C=O) groups is 2. The molecule has 1 aromatic rings. The van der Waals surface area contributed by atoms with Gasteiger partial charge in [-0.05, 0) is 38.3 Å². The van der Waals surface area contributed by atoms with E-state index in [9.17, 15) is 9.59 Å². The Bertz CT molecular complexity index is 441. The fourth-order valence-corrected chi connectivity index (χ4v) is 1.49. The van der Waals surface area contributed by atoms with Crippen LogP contribution in [0.3, 0.4) is 0 Å². The van der Waals surface area contributed by atoms with Crippen molar-refractivity contribution in [3.63, 3.8) is 0 Å². The van der Waals surface area contributed by atoms with Crippen molar-refractivity contribution >= 4 is 11.6 Å². The number of rotatable bonds is 7. The Balaban J connectivity index is 2.25. The molecule has 0 atom stereocenters. The van der Waals surface area contributed by atoms with Gasteiger partial charge in [-0.2, -0.15) is 0 Å². The van der Waals surface area contributed by atoms with Gasteiger partial charge in [0.2, 0.25) is 0 Å². The van der Waals surface area contributed by atoms with E-state index >= 15 is 0 Å². The third-order valence-corrected chi connectivity index (χ3v) is 2.42. The van der Waals surface area contributed by atoms with Crippen LogP contribution in [0.25, 0.3) is 0 Å². The smallest absolute Gasteiger partial charge is 0.185 e. The molecule has 0 aliphatic heterocycles. The van der Waals surface area contributed by atoms with Gasteiger partial charge in [-0.25, -0.2) is 0 Å². The summed E-state index contributed by atoms with van der Waals surface area (Å²) in [5.41, 5.74) is 0.713. The van der Waals surface area contributed by atoms with Crippen molar-refractivity contribution in [2.24, 2.45) is 0 Å². The van der Waals surface area contributed by atoms with Gasteiger partial charge in [0.05, 0.1) is 0 Å². The number of hydrogen-bond acceptors (Lipinski definition) is 2. The van der Waals surface area contributed by atoms with Gasteiger partial charge in [0, 0.05) is 5.56 Å². The Kier molecular flexibility index (Phi) is 6.41. The zero-order valence-electron chi connectivity index (χ0n) is 10.6. The normalized spacial score (nSPS) is 11.2. The molecule has 0 spiro atoms. The summed E-state index contributed by atoms with van der Waals surface area (Å²) in [6.07, 6.45) is 9.61. The summed E-state index contributed by atoms with van der Waals surface area (Å²) in [6, 6.07) is 9.22. The van der Waals surface area contributed by atoms with Crippen molar-refractivity contribution in [2.45, 2.75) is 26.2 Å². The van der Waals surface area contributed by atoms with Gasteiger partial charge in [0.25, 0.3) is 0 Å². The van der Waals surface area contributed by atoms with E-state index in [4.69, 9.17) is 0 Å². The summed E-state index contributed by atoms with van der Waals surface area (Å²) >= 11 is 0. The first-order chi connectivity index (χ1) is 8.70. The highest BCUT2D eigenvalue weighted by atomic mass is 16.1. The van der Waals surface area contributed by atoms with Gasteiger partial charge in [-0.3, -0.25) is 9.59 Å². The van der Waals surface area contributed by atoms with Crippen molar-refractivity contribution in [3.05, 3.63) is 60.2 Å². The first kappa shape index (κ1) is 14.1. The molecule has 2 nitrogen and oxygen atoms in total. The van der Waals surface area contributed by atoms with Crippen LogP contribution in [0.2, 0.25) is 0 Å². The predicted molar refractivity (Wildman–Crippen MR) is 73.6 cm³/mol. The standard InChI is InChI=1S/C16H18O2/c1-14(17)10-6-3-2-4-9-13-16(18)15-11-7-5-8-12-15/h5-13H,2-4H2,1H3/b10-6-,13-9+. The van der Waals surface area contributed by atoms with E-state index in [0.717, 1.165) is 19.3 Å². The molecule has 0 aromatic heterocycles. The lowest BCUT2D eigenvalue weighted by atomic mass is 10.1. The predicted octanol–water partition coefficient (Wildman–Crippen LogP) is 3.74. The molecule has 0 bridgehead atoms. The summed E-state index contributed by atoms with van der Waals surface area (Å²) in [5, 5.41) is 0. The quantitative estimate of drug-likeness (QED) is 0.414. The highest BCUT2D eigenvalue weighted by Gasteiger charge is 1.98. The van der Waals surface area contributed by atoms with Gasteiger partial charge >= 0.3 is 0 Å². The molecule has 18 heavy (non-hydrogen) atoms. The molecule has 0 fully saturated rings. The van der Waals surface area contributed by atoms with Crippen molar-refractivity contribution in [1.82, 2.24) is 0 Å². The van der Waals surface area contributed by atoms with Crippen LogP contribution in [0.4, 0.5) is 0 Å². The van der Waals surface area contributed by atoms with Crippen LogP contribution in [-0.2, 0) is 4.79 Å². The van der Waals surface area contributed by atoms with Gasteiger partial charge in [0.15, 0.2) is 11.6 Å². The Morgan fingerprint density at radius 1 is 1.00 bits per heavy atom. The average molecular weight is 242 g/mol. The van der Waals surface area contributed by atoms with Crippen LogP contribution in [0.5, 0.6) is 0 Å². The number of carbonyl (C=O) groups excluding carboxylic acids is 2. The zero-order chi connectivity index (χ0) is 13.2. The van der Waals surface area contributed by atoms with E-state index in [0.29, 0.717) is 5.56 Å². The monoisotopic (exact) mass is 242 g/mol.